The maximum absolute atomic E-state index is 10.8. The average Bonchev–Trinajstić information content (AvgIpc) is 3.05. The molecule has 0 radical (unpaired) electrons. The van der Waals surface area contributed by atoms with Gasteiger partial charge in [-0.05, 0) is 114 Å². The lowest BCUT2D eigenvalue weighted by molar-refractivity contribution is -0.165. The van der Waals surface area contributed by atoms with Gasteiger partial charge in [0.25, 0.3) is 0 Å². The highest BCUT2D eigenvalue weighted by molar-refractivity contribution is 5.33. The normalized spacial score (nSPS) is 55.7. The fourth-order valence-electron chi connectivity index (χ4n) is 11.2. The molecule has 1 nitrogen and oxygen atoms in total. The van der Waals surface area contributed by atoms with E-state index in [1.807, 2.05) is 5.57 Å². The zero-order valence-corrected chi connectivity index (χ0v) is 21.9. The Bertz CT molecular complexity index is 777. The van der Waals surface area contributed by atoms with Gasteiger partial charge in [-0.3, -0.25) is 0 Å². The first-order valence-electron chi connectivity index (χ1n) is 13.7. The van der Waals surface area contributed by atoms with Gasteiger partial charge in [-0.1, -0.05) is 67.0 Å². The van der Waals surface area contributed by atoms with Crippen LogP contribution in [0.4, 0.5) is 0 Å². The number of allylic oxidation sites excluding steroid dienone is 2. The monoisotopic (exact) mass is 426 g/mol. The summed E-state index contributed by atoms with van der Waals surface area (Å²) >= 11 is 0. The van der Waals surface area contributed by atoms with Crippen molar-refractivity contribution in [3.8, 4) is 0 Å². The first kappa shape index (κ1) is 22.5. The summed E-state index contributed by atoms with van der Waals surface area (Å²) in [5.74, 6) is 4.02. The molecule has 9 atom stereocenters. The molecule has 0 aliphatic heterocycles. The molecule has 0 bridgehead atoms. The number of fused-ring (bicyclic) bond motifs is 7. The summed E-state index contributed by atoms with van der Waals surface area (Å²) in [6.07, 6.45) is 14.6. The van der Waals surface area contributed by atoms with Crippen molar-refractivity contribution in [3.05, 3.63) is 11.6 Å². The summed E-state index contributed by atoms with van der Waals surface area (Å²) < 4.78 is 0. The largest absolute Gasteiger partial charge is 0.393 e. The second kappa shape index (κ2) is 6.64. The van der Waals surface area contributed by atoms with E-state index in [2.05, 4.69) is 61.5 Å². The Morgan fingerprint density at radius 1 is 0.806 bits per heavy atom. The molecule has 0 aromatic carbocycles. The number of hydrogen-bond acceptors (Lipinski definition) is 1. The lowest BCUT2D eigenvalue weighted by Crippen LogP contribution is -2.62. The highest BCUT2D eigenvalue weighted by Crippen LogP contribution is 2.76. The number of aliphatic hydroxyl groups is 1. The van der Waals surface area contributed by atoms with E-state index in [1.165, 1.54) is 51.4 Å². The molecule has 1 heteroatoms. The van der Waals surface area contributed by atoms with E-state index >= 15 is 0 Å². The molecule has 5 aliphatic carbocycles. The van der Waals surface area contributed by atoms with Crippen LogP contribution >= 0.6 is 0 Å². The molecule has 5 aliphatic rings. The Morgan fingerprint density at radius 3 is 2.16 bits per heavy atom. The van der Waals surface area contributed by atoms with E-state index in [4.69, 9.17) is 0 Å². The molecule has 0 spiro atoms. The average molecular weight is 427 g/mol. The van der Waals surface area contributed by atoms with Crippen LogP contribution in [-0.2, 0) is 0 Å². The molecule has 4 fully saturated rings. The molecular formula is C30H50O. The summed E-state index contributed by atoms with van der Waals surface area (Å²) in [6, 6.07) is 0. The third-order valence-electron chi connectivity index (χ3n) is 13.2. The fourth-order valence-corrected chi connectivity index (χ4v) is 11.2. The van der Waals surface area contributed by atoms with Crippen LogP contribution < -0.4 is 0 Å². The van der Waals surface area contributed by atoms with Gasteiger partial charge in [-0.2, -0.15) is 0 Å². The van der Waals surface area contributed by atoms with Gasteiger partial charge in [0.05, 0.1) is 6.10 Å². The smallest absolute Gasteiger partial charge is 0.0594 e. The predicted molar refractivity (Wildman–Crippen MR) is 131 cm³/mol. The van der Waals surface area contributed by atoms with Gasteiger partial charge in [-0.15, -0.1) is 0 Å². The molecule has 5 unspecified atom stereocenters. The van der Waals surface area contributed by atoms with Crippen molar-refractivity contribution in [1.82, 2.24) is 0 Å². The second-order valence-electron chi connectivity index (χ2n) is 14.7. The van der Waals surface area contributed by atoms with E-state index in [9.17, 15) is 5.11 Å². The predicted octanol–water partition coefficient (Wildman–Crippen LogP) is 8.02. The third kappa shape index (κ3) is 2.60. The highest BCUT2D eigenvalue weighted by Gasteiger charge is 2.68. The SMILES string of the molecule is CC(C)C1CCC2[C@@]1(C)CC[C@@]1(C)C3CCC4C(C)(C)C(O)CC[C@]4(C)C3=CC[C@]21C. The van der Waals surface area contributed by atoms with Gasteiger partial charge < -0.3 is 5.11 Å². The van der Waals surface area contributed by atoms with E-state index in [-0.39, 0.29) is 11.5 Å². The van der Waals surface area contributed by atoms with Crippen LogP contribution in [0.1, 0.15) is 113 Å². The van der Waals surface area contributed by atoms with Crippen molar-refractivity contribution in [2.45, 2.75) is 119 Å². The van der Waals surface area contributed by atoms with Crippen molar-refractivity contribution < 1.29 is 5.11 Å². The van der Waals surface area contributed by atoms with E-state index in [0.717, 1.165) is 30.1 Å². The van der Waals surface area contributed by atoms with Crippen LogP contribution in [0.25, 0.3) is 0 Å². The van der Waals surface area contributed by atoms with Gasteiger partial charge in [0, 0.05) is 0 Å². The molecule has 5 rings (SSSR count). The topological polar surface area (TPSA) is 20.2 Å². The van der Waals surface area contributed by atoms with Crippen molar-refractivity contribution >= 4 is 0 Å². The standard InChI is InChI=1S/C30H50O/c1-19(2)20-9-12-24-28(20,6)17-18-29(7)22-10-11-23-26(3,4)25(31)14-15-27(23,5)21(22)13-16-30(24,29)8/h13,19-20,22-25,31H,9-12,14-18H2,1-8H3/t20?,22?,23?,24?,25?,27-,28+,29+,30-/m1/s1. The summed E-state index contributed by atoms with van der Waals surface area (Å²) in [5.41, 5.74) is 3.61. The Labute approximate surface area is 192 Å². The van der Waals surface area contributed by atoms with Crippen molar-refractivity contribution in [2.75, 3.05) is 0 Å². The molecular weight excluding hydrogens is 376 g/mol. The maximum Gasteiger partial charge on any atom is 0.0594 e. The molecule has 0 aromatic rings. The van der Waals surface area contributed by atoms with Gasteiger partial charge in [0.15, 0.2) is 0 Å². The van der Waals surface area contributed by atoms with Crippen LogP contribution in [0.3, 0.4) is 0 Å². The lowest BCUT2D eigenvalue weighted by Gasteiger charge is -2.69. The first-order chi connectivity index (χ1) is 14.3. The van der Waals surface area contributed by atoms with Gasteiger partial charge >= 0.3 is 0 Å². The van der Waals surface area contributed by atoms with Gasteiger partial charge in [0.1, 0.15) is 0 Å². The van der Waals surface area contributed by atoms with E-state index in [1.54, 1.807) is 0 Å². The molecule has 31 heavy (non-hydrogen) atoms. The highest BCUT2D eigenvalue weighted by atomic mass is 16.3. The Hall–Kier alpha value is -0.300. The zero-order chi connectivity index (χ0) is 22.6. The summed E-state index contributed by atoms with van der Waals surface area (Å²) in [7, 11) is 0. The summed E-state index contributed by atoms with van der Waals surface area (Å²) in [4.78, 5) is 0. The van der Waals surface area contributed by atoms with Crippen LogP contribution in [0.5, 0.6) is 0 Å². The molecule has 176 valence electrons. The summed E-state index contributed by atoms with van der Waals surface area (Å²) in [5, 5.41) is 10.8. The van der Waals surface area contributed by atoms with Crippen LogP contribution in [0.2, 0.25) is 0 Å². The van der Waals surface area contributed by atoms with Gasteiger partial charge in [0.2, 0.25) is 0 Å². The van der Waals surface area contributed by atoms with Crippen molar-refractivity contribution in [2.24, 2.45) is 56.7 Å². The first-order valence-corrected chi connectivity index (χ1v) is 13.7. The lowest BCUT2D eigenvalue weighted by atomic mass is 9.35. The van der Waals surface area contributed by atoms with Crippen LogP contribution in [0.15, 0.2) is 11.6 Å². The van der Waals surface area contributed by atoms with Gasteiger partial charge in [-0.25, -0.2) is 0 Å². The Morgan fingerprint density at radius 2 is 1.48 bits per heavy atom. The number of rotatable bonds is 1. The minimum absolute atomic E-state index is 0.0432. The minimum atomic E-state index is -0.131. The molecule has 0 aromatic heterocycles. The Kier molecular flexibility index (Phi) is 4.82. The molecule has 4 saturated carbocycles. The molecule has 0 heterocycles. The number of aliphatic hydroxyl groups excluding tert-OH is 1. The third-order valence-corrected chi connectivity index (χ3v) is 13.2. The quantitative estimate of drug-likeness (QED) is 0.421. The van der Waals surface area contributed by atoms with Crippen molar-refractivity contribution in [1.29, 1.82) is 0 Å². The molecule has 0 saturated heterocycles. The zero-order valence-electron chi connectivity index (χ0n) is 21.9. The Balaban J connectivity index is 1.55. The van der Waals surface area contributed by atoms with E-state index < -0.39 is 0 Å². The molecule has 0 amide bonds. The minimum Gasteiger partial charge on any atom is -0.393 e. The van der Waals surface area contributed by atoms with Crippen LogP contribution in [0, 0.1) is 56.7 Å². The van der Waals surface area contributed by atoms with E-state index in [0.29, 0.717) is 27.6 Å². The maximum atomic E-state index is 10.8. The molecule has 1 N–H and O–H groups in total. The van der Waals surface area contributed by atoms with Crippen LogP contribution in [-0.4, -0.2) is 11.2 Å². The second-order valence-corrected chi connectivity index (χ2v) is 14.7. The number of hydrogen-bond donors (Lipinski definition) is 1. The fraction of sp³-hybridized carbons (Fsp3) is 0.933. The van der Waals surface area contributed by atoms with Crippen molar-refractivity contribution in [3.63, 3.8) is 0 Å². The summed E-state index contributed by atoms with van der Waals surface area (Å²) in [6.45, 7) is 20.4.